The normalized spacial score (nSPS) is 11.7. The van der Waals surface area contributed by atoms with Crippen molar-refractivity contribution in [1.29, 1.82) is 0 Å². The molecular weight excluding hydrogens is 599 g/mol. The molecular formula is C45H29N3O. The minimum Gasteiger partial charge on any atom is -0.434 e. The highest BCUT2D eigenvalue weighted by atomic mass is 16.3. The lowest BCUT2D eigenvalue weighted by atomic mass is 10.0. The molecule has 49 heavy (non-hydrogen) atoms. The average Bonchev–Trinajstić information content (AvgIpc) is 3.76. The van der Waals surface area contributed by atoms with Crippen LogP contribution in [0.3, 0.4) is 0 Å². The van der Waals surface area contributed by atoms with Gasteiger partial charge in [0.25, 0.3) is 0 Å². The Kier molecular flexibility index (Phi) is 6.15. The smallest absolute Gasteiger partial charge is 0.228 e. The van der Waals surface area contributed by atoms with E-state index in [1.54, 1.807) is 0 Å². The fraction of sp³-hybridized carbons (Fsp3) is 0. The van der Waals surface area contributed by atoms with Crippen LogP contribution in [0.5, 0.6) is 0 Å². The van der Waals surface area contributed by atoms with Gasteiger partial charge in [-0.05, 0) is 70.8 Å². The molecule has 0 spiro atoms. The van der Waals surface area contributed by atoms with Crippen molar-refractivity contribution in [3.05, 3.63) is 176 Å². The highest BCUT2D eigenvalue weighted by molar-refractivity contribution is 6.25. The molecule has 4 nitrogen and oxygen atoms in total. The predicted octanol–water partition coefficient (Wildman–Crippen LogP) is 12.4. The second-order valence-corrected chi connectivity index (χ2v) is 12.4. The Labute approximate surface area is 282 Å². The molecule has 0 N–H and O–H groups in total. The Morgan fingerprint density at radius 3 is 2.00 bits per heavy atom. The number of hydrogen-bond acceptors (Lipinski definition) is 3. The number of para-hydroxylation sites is 4. The van der Waals surface area contributed by atoms with Crippen molar-refractivity contribution in [2.24, 2.45) is 0 Å². The SMILES string of the molecule is c1ccc(N(c2cccc3nc(-c4cccc5ccccc45)oc23)c2cc3ccccc3c3c2c2ccccc2n3-c2ccccc2)cc1. The van der Waals surface area contributed by atoms with Gasteiger partial charge in [-0.2, -0.15) is 0 Å². The van der Waals surface area contributed by atoms with Gasteiger partial charge < -0.3 is 13.9 Å². The van der Waals surface area contributed by atoms with Crippen LogP contribution >= 0.6 is 0 Å². The first-order valence-electron chi connectivity index (χ1n) is 16.6. The summed E-state index contributed by atoms with van der Waals surface area (Å²) in [5.74, 6) is 0.608. The van der Waals surface area contributed by atoms with Crippen molar-refractivity contribution >= 4 is 71.5 Å². The zero-order valence-corrected chi connectivity index (χ0v) is 26.5. The monoisotopic (exact) mass is 627 g/mol. The molecule has 0 aliphatic heterocycles. The number of fused-ring (bicyclic) bond motifs is 7. The molecule has 10 rings (SSSR count). The van der Waals surface area contributed by atoms with E-state index < -0.39 is 0 Å². The summed E-state index contributed by atoms with van der Waals surface area (Å²) in [6.07, 6.45) is 0. The van der Waals surface area contributed by atoms with E-state index in [0.29, 0.717) is 5.89 Å². The highest BCUT2D eigenvalue weighted by Crippen LogP contribution is 2.48. The van der Waals surface area contributed by atoms with E-state index >= 15 is 0 Å². The maximum atomic E-state index is 6.82. The first-order valence-corrected chi connectivity index (χ1v) is 16.6. The maximum absolute atomic E-state index is 6.82. The number of oxazole rings is 1. The minimum absolute atomic E-state index is 0.608. The third kappa shape index (κ3) is 4.28. The Hall–Kier alpha value is -6.65. The molecule has 0 radical (unpaired) electrons. The van der Waals surface area contributed by atoms with Gasteiger partial charge in [-0.15, -0.1) is 0 Å². The molecule has 0 fully saturated rings. The van der Waals surface area contributed by atoms with Gasteiger partial charge in [-0.25, -0.2) is 4.98 Å². The lowest BCUT2D eigenvalue weighted by molar-refractivity contribution is 0.621. The van der Waals surface area contributed by atoms with Crippen LogP contribution in [0.25, 0.3) is 71.6 Å². The fourth-order valence-corrected chi connectivity index (χ4v) is 7.46. The van der Waals surface area contributed by atoms with Crippen molar-refractivity contribution in [1.82, 2.24) is 9.55 Å². The largest absolute Gasteiger partial charge is 0.434 e. The van der Waals surface area contributed by atoms with Crippen LogP contribution in [0.4, 0.5) is 17.1 Å². The number of rotatable bonds is 5. The van der Waals surface area contributed by atoms with Crippen molar-refractivity contribution in [2.45, 2.75) is 0 Å². The molecule has 0 aliphatic rings. The molecule has 0 amide bonds. The van der Waals surface area contributed by atoms with E-state index in [9.17, 15) is 0 Å². The summed E-state index contributed by atoms with van der Waals surface area (Å²) in [6.45, 7) is 0. The number of hydrogen-bond donors (Lipinski definition) is 0. The Balaban J connectivity index is 1.32. The summed E-state index contributed by atoms with van der Waals surface area (Å²) in [6, 6.07) is 61.9. The summed E-state index contributed by atoms with van der Waals surface area (Å²) in [5, 5.41) is 6.99. The van der Waals surface area contributed by atoms with E-state index in [-0.39, 0.29) is 0 Å². The van der Waals surface area contributed by atoms with E-state index in [2.05, 4.69) is 179 Å². The van der Waals surface area contributed by atoms with Crippen molar-refractivity contribution in [3.8, 4) is 17.1 Å². The quantitative estimate of drug-likeness (QED) is 0.190. The molecule has 10 aromatic rings. The third-order valence-electron chi connectivity index (χ3n) is 9.56. The zero-order chi connectivity index (χ0) is 32.3. The summed E-state index contributed by atoms with van der Waals surface area (Å²) in [5.41, 5.74) is 9.01. The van der Waals surface area contributed by atoms with Crippen LogP contribution in [0.2, 0.25) is 0 Å². The molecule has 2 heterocycles. The Morgan fingerprint density at radius 2 is 1.16 bits per heavy atom. The summed E-state index contributed by atoms with van der Waals surface area (Å²) in [7, 11) is 0. The zero-order valence-electron chi connectivity index (χ0n) is 26.5. The lowest BCUT2D eigenvalue weighted by Gasteiger charge is -2.27. The van der Waals surface area contributed by atoms with Gasteiger partial charge in [0, 0.05) is 33.1 Å². The number of nitrogens with zero attached hydrogens (tertiary/aromatic N) is 3. The molecule has 0 aliphatic carbocycles. The number of benzene rings is 8. The first-order chi connectivity index (χ1) is 24.3. The molecule has 0 atom stereocenters. The molecule has 0 bridgehead atoms. The average molecular weight is 628 g/mol. The molecule has 230 valence electrons. The Morgan fingerprint density at radius 1 is 0.510 bits per heavy atom. The number of aromatic nitrogens is 2. The van der Waals surface area contributed by atoms with Crippen LogP contribution in [0.15, 0.2) is 180 Å². The van der Waals surface area contributed by atoms with Gasteiger partial charge in [0.05, 0.1) is 22.4 Å². The summed E-state index contributed by atoms with van der Waals surface area (Å²) < 4.78 is 9.23. The lowest BCUT2D eigenvalue weighted by Crippen LogP contribution is -2.11. The Bertz CT molecular complexity index is 2830. The molecule has 0 unspecified atom stereocenters. The topological polar surface area (TPSA) is 34.2 Å². The van der Waals surface area contributed by atoms with Crippen LogP contribution in [0, 0.1) is 0 Å². The fourth-order valence-electron chi connectivity index (χ4n) is 7.46. The first kappa shape index (κ1) is 27.5. The summed E-state index contributed by atoms with van der Waals surface area (Å²) >= 11 is 0. The van der Waals surface area contributed by atoms with Gasteiger partial charge in [0.1, 0.15) is 5.52 Å². The van der Waals surface area contributed by atoms with Gasteiger partial charge in [0.15, 0.2) is 5.58 Å². The molecule has 0 saturated carbocycles. The van der Waals surface area contributed by atoms with Gasteiger partial charge >= 0.3 is 0 Å². The highest BCUT2D eigenvalue weighted by Gasteiger charge is 2.26. The van der Waals surface area contributed by atoms with Crippen LogP contribution in [-0.4, -0.2) is 9.55 Å². The van der Waals surface area contributed by atoms with Crippen LogP contribution in [-0.2, 0) is 0 Å². The second kappa shape index (κ2) is 11.0. The standard InChI is InChI=1S/C45H29N3O/c1-3-18-32(19-4-1)47(40-28-14-26-38-44(40)49-45(46-38)36-25-13-17-30-15-7-9-22-34(30)36)41-29-31-16-8-10-23-35(31)43-42(41)37-24-11-12-27-39(37)48(43)33-20-5-2-6-21-33/h1-29H. The maximum Gasteiger partial charge on any atom is 0.228 e. The second-order valence-electron chi connectivity index (χ2n) is 12.4. The molecule has 8 aromatic carbocycles. The van der Waals surface area contributed by atoms with E-state index in [1.165, 1.54) is 21.7 Å². The minimum atomic E-state index is 0.608. The summed E-state index contributed by atoms with van der Waals surface area (Å²) in [4.78, 5) is 7.42. The van der Waals surface area contributed by atoms with Crippen LogP contribution < -0.4 is 4.90 Å². The molecule has 0 saturated heterocycles. The molecule has 2 aromatic heterocycles. The van der Waals surface area contributed by atoms with Crippen molar-refractivity contribution in [2.75, 3.05) is 4.90 Å². The van der Waals surface area contributed by atoms with Gasteiger partial charge in [0.2, 0.25) is 5.89 Å². The van der Waals surface area contributed by atoms with Gasteiger partial charge in [-0.1, -0.05) is 121 Å². The van der Waals surface area contributed by atoms with Crippen LogP contribution in [0.1, 0.15) is 0 Å². The van der Waals surface area contributed by atoms with E-state index in [1.807, 2.05) is 6.07 Å². The molecule has 4 heteroatoms. The van der Waals surface area contributed by atoms with Crippen molar-refractivity contribution in [3.63, 3.8) is 0 Å². The van der Waals surface area contributed by atoms with E-state index in [0.717, 1.165) is 61.1 Å². The van der Waals surface area contributed by atoms with Gasteiger partial charge in [-0.3, -0.25) is 0 Å². The number of anilines is 3. The predicted molar refractivity (Wildman–Crippen MR) is 203 cm³/mol. The third-order valence-corrected chi connectivity index (χ3v) is 9.56. The van der Waals surface area contributed by atoms with E-state index in [4.69, 9.17) is 9.40 Å². The van der Waals surface area contributed by atoms with Crippen molar-refractivity contribution < 1.29 is 4.42 Å².